The van der Waals surface area contributed by atoms with Crippen LogP contribution in [0.1, 0.15) is 32.3 Å². The Kier molecular flexibility index (Phi) is 4.77. The predicted octanol–water partition coefficient (Wildman–Crippen LogP) is 2.90. The minimum atomic E-state index is 0.0985. The molecular weight excluding hydrogens is 250 g/mol. The third kappa shape index (κ3) is 3.83. The standard InChI is InChI=1S/C16H23N3O/c1-12(2)6-8-17-16(20)7-9-19-15-5-4-13(3)10-14(15)11-18-19/h4-5,10-12H,6-9H2,1-3H3,(H,17,20). The second kappa shape index (κ2) is 6.55. The zero-order valence-corrected chi connectivity index (χ0v) is 12.5. The molecule has 0 aliphatic rings. The van der Waals surface area contributed by atoms with Gasteiger partial charge in [-0.3, -0.25) is 9.48 Å². The van der Waals surface area contributed by atoms with Crippen molar-refractivity contribution in [2.45, 2.75) is 40.2 Å². The zero-order chi connectivity index (χ0) is 14.5. The van der Waals surface area contributed by atoms with E-state index in [2.05, 4.69) is 49.4 Å². The van der Waals surface area contributed by atoms with Gasteiger partial charge in [0.25, 0.3) is 0 Å². The molecule has 1 heterocycles. The van der Waals surface area contributed by atoms with E-state index in [9.17, 15) is 4.79 Å². The molecule has 0 fully saturated rings. The minimum Gasteiger partial charge on any atom is -0.356 e. The Labute approximate surface area is 120 Å². The molecule has 0 radical (unpaired) electrons. The average molecular weight is 273 g/mol. The first-order chi connectivity index (χ1) is 9.56. The third-order valence-electron chi connectivity index (χ3n) is 3.39. The van der Waals surface area contributed by atoms with Crippen molar-refractivity contribution in [1.82, 2.24) is 15.1 Å². The molecule has 1 N–H and O–H groups in total. The molecule has 0 atom stereocenters. The van der Waals surface area contributed by atoms with E-state index < -0.39 is 0 Å². The molecule has 2 rings (SSSR count). The van der Waals surface area contributed by atoms with Crippen LogP contribution in [0.4, 0.5) is 0 Å². The number of benzene rings is 1. The highest BCUT2D eigenvalue weighted by atomic mass is 16.1. The third-order valence-corrected chi connectivity index (χ3v) is 3.39. The second-order valence-electron chi connectivity index (χ2n) is 5.71. The van der Waals surface area contributed by atoms with Crippen LogP contribution in [0.5, 0.6) is 0 Å². The number of carbonyl (C=O) groups excluding carboxylic acids is 1. The van der Waals surface area contributed by atoms with Gasteiger partial charge in [0.2, 0.25) is 5.91 Å². The lowest BCUT2D eigenvalue weighted by Crippen LogP contribution is -2.26. The molecule has 0 bridgehead atoms. The topological polar surface area (TPSA) is 46.9 Å². The first-order valence-corrected chi connectivity index (χ1v) is 7.25. The van der Waals surface area contributed by atoms with Crippen molar-refractivity contribution in [3.63, 3.8) is 0 Å². The summed E-state index contributed by atoms with van der Waals surface area (Å²) in [4.78, 5) is 11.8. The number of hydrogen-bond donors (Lipinski definition) is 1. The largest absolute Gasteiger partial charge is 0.356 e. The quantitative estimate of drug-likeness (QED) is 0.879. The Morgan fingerprint density at radius 1 is 1.40 bits per heavy atom. The molecule has 1 aromatic carbocycles. The number of carbonyl (C=O) groups is 1. The Morgan fingerprint density at radius 3 is 2.95 bits per heavy atom. The first-order valence-electron chi connectivity index (χ1n) is 7.25. The normalized spacial score (nSPS) is 11.2. The molecule has 0 saturated carbocycles. The molecule has 0 aliphatic carbocycles. The Balaban J connectivity index is 1.88. The summed E-state index contributed by atoms with van der Waals surface area (Å²) in [6.45, 7) is 7.77. The maximum atomic E-state index is 11.8. The van der Waals surface area contributed by atoms with Gasteiger partial charge in [-0.1, -0.05) is 25.5 Å². The van der Waals surface area contributed by atoms with Gasteiger partial charge in [0.15, 0.2) is 0 Å². The van der Waals surface area contributed by atoms with Gasteiger partial charge in [0, 0.05) is 18.4 Å². The van der Waals surface area contributed by atoms with Crippen molar-refractivity contribution >= 4 is 16.8 Å². The summed E-state index contributed by atoms with van der Waals surface area (Å²) in [5.74, 6) is 0.718. The van der Waals surface area contributed by atoms with E-state index in [0.29, 0.717) is 18.9 Å². The minimum absolute atomic E-state index is 0.0985. The van der Waals surface area contributed by atoms with Gasteiger partial charge in [-0.2, -0.15) is 5.10 Å². The fourth-order valence-corrected chi connectivity index (χ4v) is 2.18. The monoisotopic (exact) mass is 273 g/mol. The Hall–Kier alpha value is -1.84. The maximum Gasteiger partial charge on any atom is 0.221 e. The number of hydrogen-bond acceptors (Lipinski definition) is 2. The maximum absolute atomic E-state index is 11.8. The van der Waals surface area contributed by atoms with Crippen molar-refractivity contribution in [2.24, 2.45) is 5.92 Å². The van der Waals surface area contributed by atoms with Crippen molar-refractivity contribution in [3.05, 3.63) is 30.0 Å². The van der Waals surface area contributed by atoms with Crippen molar-refractivity contribution < 1.29 is 4.79 Å². The van der Waals surface area contributed by atoms with Gasteiger partial charge < -0.3 is 5.32 Å². The molecule has 4 heteroatoms. The van der Waals surface area contributed by atoms with E-state index in [0.717, 1.165) is 23.9 Å². The van der Waals surface area contributed by atoms with Gasteiger partial charge in [-0.25, -0.2) is 0 Å². The van der Waals surface area contributed by atoms with E-state index in [1.54, 1.807) is 0 Å². The summed E-state index contributed by atoms with van der Waals surface area (Å²) in [6, 6.07) is 6.25. The molecule has 0 spiro atoms. The van der Waals surface area contributed by atoms with Gasteiger partial charge in [0.05, 0.1) is 18.3 Å². The van der Waals surface area contributed by atoms with Gasteiger partial charge >= 0.3 is 0 Å². The second-order valence-corrected chi connectivity index (χ2v) is 5.71. The summed E-state index contributed by atoms with van der Waals surface area (Å²) in [7, 11) is 0. The number of aromatic nitrogens is 2. The highest BCUT2D eigenvalue weighted by Gasteiger charge is 2.06. The Morgan fingerprint density at radius 2 is 2.20 bits per heavy atom. The molecule has 20 heavy (non-hydrogen) atoms. The fourth-order valence-electron chi connectivity index (χ4n) is 2.18. The van der Waals surface area contributed by atoms with Crippen LogP contribution >= 0.6 is 0 Å². The number of amides is 1. The van der Waals surface area contributed by atoms with Crippen LogP contribution in [0.3, 0.4) is 0 Å². The highest BCUT2D eigenvalue weighted by Crippen LogP contribution is 2.15. The number of nitrogens with zero attached hydrogens (tertiary/aromatic N) is 2. The van der Waals surface area contributed by atoms with Gasteiger partial charge in [-0.15, -0.1) is 0 Å². The molecule has 108 valence electrons. The number of fused-ring (bicyclic) bond motifs is 1. The summed E-state index contributed by atoms with van der Waals surface area (Å²) in [6.07, 6.45) is 3.36. The van der Waals surface area contributed by atoms with E-state index in [4.69, 9.17) is 0 Å². The predicted molar refractivity (Wildman–Crippen MR) is 81.6 cm³/mol. The summed E-state index contributed by atoms with van der Waals surface area (Å²) in [5.41, 5.74) is 2.31. The van der Waals surface area contributed by atoms with Crippen LogP contribution in [-0.4, -0.2) is 22.2 Å². The lowest BCUT2D eigenvalue weighted by Gasteiger charge is -2.07. The molecule has 1 aromatic heterocycles. The van der Waals surface area contributed by atoms with Crippen molar-refractivity contribution in [1.29, 1.82) is 0 Å². The van der Waals surface area contributed by atoms with Crippen LogP contribution < -0.4 is 5.32 Å². The summed E-state index contributed by atoms with van der Waals surface area (Å²) in [5, 5.41) is 8.44. The number of nitrogens with one attached hydrogen (secondary N) is 1. The molecular formula is C16H23N3O. The molecule has 4 nitrogen and oxygen atoms in total. The molecule has 1 amide bonds. The highest BCUT2D eigenvalue weighted by molar-refractivity contribution is 5.80. The molecule has 2 aromatic rings. The van der Waals surface area contributed by atoms with Crippen LogP contribution in [0.2, 0.25) is 0 Å². The molecule has 0 unspecified atom stereocenters. The van der Waals surface area contributed by atoms with Gasteiger partial charge in [0.1, 0.15) is 0 Å². The van der Waals surface area contributed by atoms with Crippen molar-refractivity contribution in [3.8, 4) is 0 Å². The van der Waals surface area contributed by atoms with E-state index in [1.165, 1.54) is 5.56 Å². The van der Waals surface area contributed by atoms with Crippen LogP contribution in [0.15, 0.2) is 24.4 Å². The number of aryl methyl sites for hydroxylation is 2. The summed E-state index contributed by atoms with van der Waals surface area (Å²) >= 11 is 0. The average Bonchev–Trinajstić information content (AvgIpc) is 2.78. The summed E-state index contributed by atoms with van der Waals surface area (Å²) < 4.78 is 1.90. The molecule has 0 aliphatic heterocycles. The SMILES string of the molecule is Cc1ccc2c(cnn2CCC(=O)NCCC(C)C)c1. The zero-order valence-electron chi connectivity index (χ0n) is 12.5. The van der Waals surface area contributed by atoms with Crippen molar-refractivity contribution in [2.75, 3.05) is 6.54 Å². The van der Waals surface area contributed by atoms with E-state index in [-0.39, 0.29) is 5.91 Å². The lowest BCUT2D eigenvalue weighted by atomic mass is 10.1. The van der Waals surface area contributed by atoms with Crippen LogP contribution in [0, 0.1) is 12.8 Å². The van der Waals surface area contributed by atoms with E-state index in [1.807, 2.05) is 10.9 Å². The van der Waals surface area contributed by atoms with Crippen LogP contribution in [-0.2, 0) is 11.3 Å². The van der Waals surface area contributed by atoms with Crippen LogP contribution in [0.25, 0.3) is 10.9 Å². The fraction of sp³-hybridized carbons (Fsp3) is 0.500. The Bertz CT molecular complexity index is 586. The first kappa shape index (κ1) is 14.6. The smallest absolute Gasteiger partial charge is 0.221 e. The number of rotatable bonds is 6. The lowest BCUT2D eigenvalue weighted by molar-refractivity contribution is -0.121. The molecule has 0 saturated heterocycles. The van der Waals surface area contributed by atoms with Gasteiger partial charge in [-0.05, 0) is 31.4 Å². The van der Waals surface area contributed by atoms with E-state index >= 15 is 0 Å².